The van der Waals surface area contributed by atoms with E-state index in [2.05, 4.69) is 19.8 Å². The van der Waals surface area contributed by atoms with Crippen LogP contribution in [0, 0.1) is 0 Å². The zero-order chi connectivity index (χ0) is 11.8. The predicted octanol–water partition coefficient (Wildman–Crippen LogP) is 0.0205. The number of rotatable bonds is 8. The lowest BCUT2D eigenvalue weighted by Gasteiger charge is -2.19. The summed E-state index contributed by atoms with van der Waals surface area (Å²) in [7, 11) is 3.52. The Bertz CT molecular complexity index is 295. The van der Waals surface area contributed by atoms with Crippen molar-refractivity contribution in [3.8, 4) is 0 Å². The van der Waals surface area contributed by atoms with E-state index in [1.54, 1.807) is 7.11 Å². The van der Waals surface area contributed by atoms with Crippen molar-refractivity contribution in [2.75, 3.05) is 45.8 Å². The van der Waals surface area contributed by atoms with Crippen LogP contribution in [0.2, 0.25) is 0 Å². The second-order valence-corrected chi connectivity index (χ2v) is 4.05. The molecule has 0 saturated heterocycles. The first-order valence-corrected chi connectivity index (χ1v) is 5.90. The lowest BCUT2D eigenvalue weighted by Crippen LogP contribution is -2.30. The van der Waals surface area contributed by atoms with Crippen LogP contribution >= 0.6 is 11.5 Å². The van der Waals surface area contributed by atoms with Gasteiger partial charge in [-0.25, -0.2) is 0 Å². The van der Waals surface area contributed by atoms with E-state index in [-0.39, 0.29) is 6.61 Å². The van der Waals surface area contributed by atoms with Crippen LogP contribution in [0.4, 0.5) is 5.00 Å². The normalized spacial score (nSPS) is 11.0. The number of anilines is 1. The van der Waals surface area contributed by atoms with Crippen LogP contribution in [-0.4, -0.2) is 60.1 Å². The average molecular weight is 246 g/mol. The minimum absolute atomic E-state index is 0.135. The van der Waals surface area contributed by atoms with Crippen LogP contribution in [0.5, 0.6) is 0 Å². The molecular formula is C9H18N4O2S. The highest BCUT2D eigenvalue weighted by Crippen LogP contribution is 2.18. The molecule has 1 aromatic rings. The number of ether oxygens (including phenoxy) is 1. The first-order chi connectivity index (χ1) is 7.81. The van der Waals surface area contributed by atoms with Crippen molar-refractivity contribution < 1.29 is 9.84 Å². The SMILES string of the molecule is CNc1snnc1CN(CCO)CCOC. The van der Waals surface area contributed by atoms with E-state index >= 15 is 0 Å². The summed E-state index contributed by atoms with van der Waals surface area (Å²) in [5.74, 6) is 0. The first kappa shape index (κ1) is 13.3. The van der Waals surface area contributed by atoms with Crippen LogP contribution in [0.15, 0.2) is 0 Å². The molecule has 0 bridgehead atoms. The number of aliphatic hydroxyl groups excluding tert-OH is 1. The van der Waals surface area contributed by atoms with E-state index in [0.29, 0.717) is 19.7 Å². The molecule has 2 N–H and O–H groups in total. The average Bonchev–Trinajstić information content (AvgIpc) is 2.73. The molecule has 1 aromatic heterocycles. The van der Waals surface area contributed by atoms with Gasteiger partial charge in [0.05, 0.1) is 13.2 Å². The minimum atomic E-state index is 0.135. The van der Waals surface area contributed by atoms with E-state index in [0.717, 1.165) is 17.2 Å². The smallest absolute Gasteiger partial charge is 0.134 e. The Morgan fingerprint density at radius 2 is 2.31 bits per heavy atom. The lowest BCUT2D eigenvalue weighted by atomic mass is 10.4. The van der Waals surface area contributed by atoms with Gasteiger partial charge in [-0.1, -0.05) is 4.49 Å². The molecule has 1 rings (SSSR count). The number of nitrogens with zero attached hydrogens (tertiary/aromatic N) is 3. The molecule has 92 valence electrons. The third-order valence-corrected chi connectivity index (χ3v) is 2.97. The maximum atomic E-state index is 8.96. The number of aromatic nitrogens is 2. The van der Waals surface area contributed by atoms with Crippen molar-refractivity contribution in [3.63, 3.8) is 0 Å². The molecule has 0 spiro atoms. The van der Waals surface area contributed by atoms with E-state index in [1.807, 2.05) is 7.05 Å². The van der Waals surface area contributed by atoms with E-state index < -0.39 is 0 Å². The summed E-state index contributed by atoms with van der Waals surface area (Å²) in [6, 6.07) is 0. The van der Waals surface area contributed by atoms with Crippen LogP contribution in [-0.2, 0) is 11.3 Å². The van der Waals surface area contributed by atoms with Gasteiger partial charge >= 0.3 is 0 Å². The molecule has 0 fully saturated rings. The summed E-state index contributed by atoms with van der Waals surface area (Å²) in [6.07, 6.45) is 0. The second-order valence-electron chi connectivity index (χ2n) is 3.29. The van der Waals surface area contributed by atoms with Gasteiger partial charge in [0, 0.05) is 45.3 Å². The summed E-state index contributed by atoms with van der Waals surface area (Å²) in [6.45, 7) is 2.85. The molecule has 0 aliphatic heterocycles. The number of aliphatic hydroxyl groups is 1. The Kier molecular flexibility index (Phi) is 6.24. The highest BCUT2D eigenvalue weighted by atomic mass is 32.1. The maximum Gasteiger partial charge on any atom is 0.134 e. The van der Waals surface area contributed by atoms with Crippen LogP contribution in [0.1, 0.15) is 5.69 Å². The van der Waals surface area contributed by atoms with Crippen LogP contribution in [0.25, 0.3) is 0 Å². The molecule has 6 nitrogen and oxygen atoms in total. The van der Waals surface area contributed by atoms with Crippen molar-refractivity contribution >= 4 is 16.5 Å². The zero-order valence-electron chi connectivity index (χ0n) is 9.64. The van der Waals surface area contributed by atoms with Gasteiger partial charge in [0.1, 0.15) is 10.7 Å². The van der Waals surface area contributed by atoms with Gasteiger partial charge in [-0.05, 0) is 0 Å². The molecule has 0 unspecified atom stereocenters. The summed E-state index contributed by atoms with van der Waals surface area (Å²) in [5, 5.41) is 17.0. The fourth-order valence-corrected chi connectivity index (χ4v) is 1.87. The molecule has 0 atom stereocenters. The van der Waals surface area contributed by atoms with Crippen LogP contribution < -0.4 is 5.32 Å². The van der Waals surface area contributed by atoms with Crippen molar-refractivity contribution in [2.24, 2.45) is 0 Å². The number of nitrogens with one attached hydrogen (secondary N) is 1. The summed E-state index contributed by atoms with van der Waals surface area (Å²) in [5.41, 5.74) is 0.914. The number of hydrogen-bond donors (Lipinski definition) is 2. The van der Waals surface area contributed by atoms with Gasteiger partial charge in [0.2, 0.25) is 0 Å². The van der Waals surface area contributed by atoms with E-state index in [4.69, 9.17) is 9.84 Å². The standard InChI is InChI=1S/C9H18N4O2S/c1-10-9-8(11-12-16-9)7-13(3-5-14)4-6-15-2/h10,14H,3-7H2,1-2H3. The number of hydrogen-bond acceptors (Lipinski definition) is 7. The number of methoxy groups -OCH3 is 1. The molecule has 1 heterocycles. The summed E-state index contributed by atoms with van der Waals surface area (Å²) >= 11 is 1.34. The van der Waals surface area contributed by atoms with Crippen molar-refractivity contribution in [1.29, 1.82) is 0 Å². The quantitative estimate of drug-likeness (QED) is 0.674. The molecule has 0 aromatic carbocycles. The summed E-state index contributed by atoms with van der Waals surface area (Å²) < 4.78 is 8.92. The lowest BCUT2D eigenvalue weighted by molar-refractivity contribution is 0.126. The van der Waals surface area contributed by atoms with Gasteiger partial charge in [0.15, 0.2) is 0 Å². The first-order valence-electron chi connectivity index (χ1n) is 5.13. The Labute approximate surface area is 99.4 Å². The van der Waals surface area contributed by atoms with E-state index in [9.17, 15) is 0 Å². The molecule has 0 radical (unpaired) electrons. The Balaban J connectivity index is 2.52. The molecule has 0 amide bonds. The fraction of sp³-hybridized carbons (Fsp3) is 0.778. The third-order valence-electron chi connectivity index (χ3n) is 2.18. The second kappa shape index (κ2) is 7.50. The largest absolute Gasteiger partial charge is 0.395 e. The van der Waals surface area contributed by atoms with Crippen molar-refractivity contribution in [3.05, 3.63) is 5.69 Å². The van der Waals surface area contributed by atoms with Crippen molar-refractivity contribution in [1.82, 2.24) is 14.5 Å². The predicted molar refractivity (Wildman–Crippen MR) is 63.7 cm³/mol. The van der Waals surface area contributed by atoms with Gasteiger partial charge in [-0.2, -0.15) is 0 Å². The minimum Gasteiger partial charge on any atom is -0.395 e. The Morgan fingerprint density at radius 3 is 2.94 bits per heavy atom. The fourth-order valence-electron chi connectivity index (χ4n) is 1.35. The molecule has 0 aliphatic carbocycles. The van der Waals surface area contributed by atoms with Crippen LogP contribution in [0.3, 0.4) is 0 Å². The molecule has 16 heavy (non-hydrogen) atoms. The Morgan fingerprint density at radius 1 is 1.50 bits per heavy atom. The van der Waals surface area contributed by atoms with Gasteiger partial charge in [-0.15, -0.1) is 5.10 Å². The monoisotopic (exact) mass is 246 g/mol. The topological polar surface area (TPSA) is 70.5 Å². The molecule has 0 saturated carbocycles. The summed E-state index contributed by atoms with van der Waals surface area (Å²) in [4.78, 5) is 2.08. The molecule has 7 heteroatoms. The molecule has 0 aliphatic rings. The third kappa shape index (κ3) is 4.01. The van der Waals surface area contributed by atoms with Gasteiger partial charge < -0.3 is 15.2 Å². The highest BCUT2D eigenvalue weighted by molar-refractivity contribution is 7.10. The maximum absolute atomic E-state index is 8.96. The molecular weight excluding hydrogens is 228 g/mol. The van der Waals surface area contributed by atoms with Crippen molar-refractivity contribution in [2.45, 2.75) is 6.54 Å². The van der Waals surface area contributed by atoms with Gasteiger partial charge in [0.25, 0.3) is 0 Å². The van der Waals surface area contributed by atoms with E-state index in [1.165, 1.54) is 11.5 Å². The van der Waals surface area contributed by atoms with Gasteiger partial charge in [-0.3, -0.25) is 4.90 Å². The zero-order valence-corrected chi connectivity index (χ0v) is 10.5. The highest BCUT2D eigenvalue weighted by Gasteiger charge is 2.11. The Hall–Kier alpha value is -0.760.